The first-order chi connectivity index (χ1) is 5.39. The summed E-state index contributed by atoms with van der Waals surface area (Å²) in [5, 5.41) is 0. The van der Waals surface area contributed by atoms with E-state index in [9.17, 15) is 22.1 Å². The van der Waals surface area contributed by atoms with Crippen LogP contribution in [0, 0.1) is 0 Å². The molecule has 0 radical (unpaired) electrons. The molecule has 0 amide bonds. The molecule has 0 aromatic heterocycles. The van der Waals surface area contributed by atoms with Crippen molar-refractivity contribution in [3.63, 3.8) is 0 Å². The van der Waals surface area contributed by atoms with E-state index in [1.54, 1.807) is 0 Å². The van der Waals surface area contributed by atoms with Gasteiger partial charge in [-0.3, -0.25) is 4.52 Å². The van der Waals surface area contributed by atoms with Crippen LogP contribution in [-0.4, -0.2) is 20.3 Å². The molecule has 0 rings (SSSR count). The summed E-state index contributed by atoms with van der Waals surface area (Å²) in [6.07, 6.45) is 0. The van der Waals surface area contributed by atoms with Crippen LogP contribution in [0.1, 0.15) is 0 Å². The predicted octanol–water partition coefficient (Wildman–Crippen LogP) is 2.22. The number of rotatable bonds is 5. The second-order valence-corrected chi connectivity index (χ2v) is 3.04. The highest BCUT2D eigenvalue weighted by molar-refractivity contribution is 7.48. The summed E-state index contributed by atoms with van der Waals surface area (Å²) in [5.41, 5.74) is 0. The van der Waals surface area contributed by atoms with Gasteiger partial charge < -0.3 is 0 Å². The molecule has 0 heterocycles. The molecule has 12 heavy (non-hydrogen) atoms. The fourth-order valence-corrected chi connectivity index (χ4v) is 0.918. The number of phosphoric acid groups is 1. The lowest BCUT2D eigenvalue weighted by molar-refractivity contribution is -0.115. The molecule has 0 saturated heterocycles. The van der Waals surface area contributed by atoms with Crippen LogP contribution in [0.25, 0.3) is 0 Å². The highest BCUT2D eigenvalue weighted by atomic mass is 31.2. The Bertz CT molecular complexity index is 160. The second-order valence-electron chi connectivity index (χ2n) is 1.36. The third kappa shape index (κ3) is 4.66. The lowest BCUT2D eigenvalue weighted by Crippen LogP contribution is -2.05. The Kier molecular flexibility index (Phi) is 4.69. The molecule has 0 unspecified atom stereocenters. The van der Waals surface area contributed by atoms with Crippen LogP contribution in [0.2, 0.25) is 0 Å². The highest BCUT2D eigenvalue weighted by Gasteiger charge is 2.33. The van der Waals surface area contributed by atoms with Crippen LogP contribution in [0.4, 0.5) is 17.6 Å². The van der Waals surface area contributed by atoms with E-state index in [1.807, 2.05) is 0 Å². The van der Waals surface area contributed by atoms with Gasteiger partial charge in [-0.15, -0.1) is 0 Å². The van der Waals surface area contributed by atoms with Crippen molar-refractivity contribution in [1.29, 1.82) is 0 Å². The van der Waals surface area contributed by atoms with E-state index in [4.69, 9.17) is 0 Å². The Labute approximate surface area is 65.0 Å². The van der Waals surface area contributed by atoms with Crippen molar-refractivity contribution in [3.8, 4) is 0 Å². The van der Waals surface area contributed by atoms with Gasteiger partial charge in [-0.1, -0.05) is 0 Å². The monoisotopic (exact) mass is 212 g/mol. The molecule has 0 saturated carbocycles. The van der Waals surface area contributed by atoms with Crippen LogP contribution in [0.15, 0.2) is 0 Å². The molecule has 0 aliphatic rings. The van der Waals surface area contributed by atoms with Crippen molar-refractivity contribution in [2.75, 3.05) is 7.11 Å². The molecule has 74 valence electrons. The first kappa shape index (κ1) is 11.8. The molecule has 0 spiro atoms. The smallest absolute Gasteiger partial charge is 0.290 e. The van der Waals surface area contributed by atoms with Gasteiger partial charge in [0.2, 0.25) is 0 Å². The van der Waals surface area contributed by atoms with E-state index in [0.29, 0.717) is 7.11 Å². The summed E-state index contributed by atoms with van der Waals surface area (Å²) in [4.78, 5) is 0. The topological polar surface area (TPSA) is 44.8 Å². The lowest BCUT2D eigenvalue weighted by atomic mass is 11.5. The van der Waals surface area contributed by atoms with Crippen LogP contribution in [-0.2, 0) is 18.1 Å². The first-order valence-electron chi connectivity index (χ1n) is 2.48. The van der Waals surface area contributed by atoms with Gasteiger partial charge in [0, 0.05) is 7.11 Å². The van der Waals surface area contributed by atoms with Gasteiger partial charge in [-0.25, -0.2) is 13.6 Å². The molecule has 0 atom stereocenters. The zero-order chi connectivity index (χ0) is 9.78. The van der Waals surface area contributed by atoms with Gasteiger partial charge in [-0.05, 0) is 0 Å². The normalized spacial score (nSPS) is 12.9. The maximum atomic E-state index is 11.4. The molecular weight excluding hydrogens is 207 g/mol. The Morgan fingerprint density at radius 1 is 1.08 bits per heavy atom. The van der Waals surface area contributed by atoms with E-state index >= 15 is 0 Å². The van der Waals surface area contributed by atoms with Crippen molar-refractivity contribution in [3.05, 3.63) is 0 Å². The maximum Gasteiger partial charge on any atom is 0.483 e. The Balaban J connectivity index is 4.15. The zero-order valence-corrected chi connectivity index (χ0v) is 6.64. The number of phosphoric ester groups is 1. The second kappa shape index (κ2) is 4.76. The van der Waals surface area contributed by atoms with Gasteiger partial charge in [0.05, 0.1) is 0 Å². The van der Waals surface area contributed by atoms with Crippen molar-refractivity contribution in [1.82, 2.24) is 0 Å². The van der Waals surface area contributed by atoms with Crippen molar-refractivity contribution in [2.24, 2.45) is 0 Å². The zero-order valence-electron chi connectivity index (χ0n) is 5.75. The minimum atomic E-state index is -4.81. The lowest BCUT2D eigenvalue weighted by Gasteiger charge is -2.13. The largest absolute Gasteiger partial charge is 0.483 e. The van der Waals surface area contributed by atoms with Crippen LogP contribution in [0.3, 0.4) is 0 Å². The molecular formula is C3H5F4O4P. The van der Waals surface area contributed by atoms with Crippen LogP contribution in [0.5, 0.6) is 0 Å². The summed E-state index contributed by atoms with van der Waals surface area (Å²) < 4.78 is 66.2. The molecule has 0 bridgehead atoms. The van der Waals surface area contributed by atoms with Crippen LogP contribution >= 0.6 is 7.82 Å². The fourth-order valence-electron chi connectivity index (χ4n) is 0.306. The summed E-state index contributed by atoms with van der Waals surface area (Å²) in [6.45, 7) is -7.01. The molecule has 0 aromatic carbocycles. The van der Waals surface area contributed by atoms with E-state index in [0.717, 1.165) is 0 Å². The number of halogens is 4. The molecule has 0 aliphatic carbocycles. The first-order valence-corrected chi connectivity index (χ1v) is 3.94. The molecule has 4 nitrogen and oxygen atoms in total. The van der Waals surface area contributed by atoms with E-state index in [2.05, 4.69) is 13.6 Å². The minimum absolute atomic E-state index is 0.644. The standard InChI is InChI=1S/C3H5F4O4P/c1-9-12(8,10-2(4)5)11-3(6)7/h2-3H,1H3. The van der Waals surface area contributed by atoms with Gasteiger partial charge in [-0.2, -0.15) is 17.6 Å². The number of alkyl halides is 4. The SMILES string of the molecule is COP(=O)(OC(F)F)OC(F)F. The quantitative estimate of drug-likeness (QED) is 0.517. The number of hydrogen-bond donors (Lipinski definition) is 0. The minimum Gasteiger partial charge on any atom is -0.290 e. The summed E-state index contributed by atoms with van der Waals surface area (Å²) in [5.74, 6) is 0. The maximum absolute atomic E-state index is 11.4. The fraction of sp³-hybridized carbons (Fsp3) is 1.00. The van der Waals surface area contributed by atoms with E-state index in [1.165, 1.54) is 0 Å². The van der Waals surface area contributed by atoms with Gasteiger partial charge >= 0.3 is 21.0 Å². The van der Waals surface area contributed by atoms with Gasteiger partial charge in [0.15, 0.2) is 0 Å². The van der Waals surface area contributed by atoms with Crippen LogP contribution < -0.4 is 0 Å². The molecule has 0 aromatic rings. The molecule has 0 fully saturated rings. The highest BCUT2D eigenvalue weighted by Crippen LogP contribution is 2.51. The van der Waals surface area contributed by atoms with Gasteiger partial charge in [0.25, 0.3) is 0 Å². The van der Waals surface area contributed by atoms with Crippen molar-refractivity contribution < 1.29 is 35.7 Å². The summed E-state index contributed by atoms with van der Waals surface area (Å²) in [6, 6.07) is 0. The molecule has 9 heteroatoms. The third-order valence-corrected chi connectivity index (χ3v) is 1.92. The van der Waals surface area contributed by atoms with E-state index < -0.39 is 21.0 Å². The van der Waals surface area contributed by atoms with Crippen molar-refractivity contribution in [2.45, 2.75) is 13.2 Å². The molecule has 0 N–H and O–H groups in total. The Hall–Kier alpha value is -0.170. The van der Waals surface area contributed by atoms with Crippen molar-refractivity contribution >= 4 is 7.82 Å². The number of hydrogen-bond acceptors (Lipinski definition) is 4. The Morgan fingerprint density at radius 2 is 1.42 bits per heavy atom. The third-order valence-electron chi connectivity index (χ3n) is 0.641. The Morgan fingerprint density at radius 3 is 1.58 bits per heavy atom. The van der Waals surface area contributed by atoms with Gasteiger partial charge in [0.1, 0.15) is 0 Å². The van der Waals surface area contributed by atoms with E-state index in [-0.39, 0.29) is 0 Å². The predicted molar refractivity (Wildman–Crippen MR) is 28.8 cm³/mol. The summed E-state index contributed by atoms with van der Waals surface area (Å²) >= 11 is 0. The average Bonchev–Trinajstić information content (AvgIpc) is 1.83. The average molecular weight is 212 g/mol. The molecule has 0 aliphatic heterocycles. The summed E-state index contributed by atoms with van der Waals surface area (Å²) in [7, 11) is -4.17.